The molecule has 16 heavy (non-hydrogen) atoms. The van der Waals surface area contributed by atoms with Crippen molar-refractivity contribution in [3.63, 3.8) is 0 Å². The molecule has 0 amide bonds. The van der Waals surface area contributed by atoms with E-state index in [2.05, 4.69) is 12.2 Å². The Kier molecular flexibility index (Phi) is 2.80. The van der Waals surface area contributed by atoms with E-state index >= 15 is 0 Å². The normalized spacial score (nSPS) is 28.2. The highest BCUT2D eigenvalue weighted by Crippen LogP contribution is 2.40. The smallest absolute Gasteiger partial charge is 0.329 e. The van der Waals surface area contributed by atoms with Crippen LogP contribution in [0.5, 0.6) is 0 Å². The molecule has 0 heterocycles. The molecule has 3 nitrogen and oxygen atoms in total. The third-order valence-corrected chi connectivity index (χ3v) is 3.28. The molecule has 0 atom stereocenters. The lowest BCUT2D eigenvalue weighted by Gasteiger charge is -2.44. The van der Waals surface area contributed by atoms with Crippen molar-refractivity contribution in [1.29, 1.82) is 0 Å². The summed E-state index contributed by atoms with van der Waals surface area (Å²) in [6.07, 6.45) is 1.34. The second-order valence-corrected chi connectivity index (χ2v) is 4.97. The van der Waals surface area contributed by atoms with Crippen LogP contribution in [-0.4, -0.2) is 16.6 Å². The van der Waals surface area contributed by atoms with Crippen LogP contribution in [0.2, 0.25) is 5.02 Å². The number of halogens is 1. The van der Waals surface area contributed by atoms with Crippen molar-refractivity contribution >= 4 is 23.3 Å². The topological polar surface area (TPSA) is 49.3 Å². The van der Waals surface area contributed by atoms with Gasteiger partial charge in [0, 0.05) is 10.7 Å². The van der Waals surface area contributed by atoms with Gasteiger partial charge in [-0.05, 0) is 43.0 Å². The summed E-state index contributed by atoms with van der Waals surface area (Å²) in [6.45, 7) is 2.06. The molecule has 0 spiro atoms. The highest BCUT2D eigenvalue weighted by molar-refractivity contribution is 6.30. The zero-order chi connectivity index (χ0) is 11.8. The van der Waals surface area contributed by atoms with Gasteiger partial charge in [-0.3, -0.25) is 0 Å². The van der Waals surface area contributed by atoms with Crippen molar-refractivity contribution in [1.82, 2.24) is 0 Å². The standard InChI is InChI=1S/C12H14ClNO2/c1-8-6-12(7-8,11(15)16)14-10-4-2-9(13)3-5-10/h2-5,8,14H,6-7H2,1H3,(H,15,16). The molecule has 0 unspecified atom stereocenters. The van der Waals surface area contributed by atoms with Crippen molar-refractivity contribution in [2.75, 3.05) is 5.32 Å². The van der Waals surface area contributed by atoms with E-state index in [1.54, 1.807) is 24.3 Å². The maximum Gasteiger partial charge on any atom is 0.329 e. The average Bonchev–Trinajstić information content (AvgIpc) is 2.18. The number of carboxylic acids is 1. The van der Waals surface area contributed by atoms with E-state index in [-0.39, 0.29) is 0 Å². The Hall–Kier alpha value is -1.22. The first-order chi connectivity index (χ1) is 7.52. The second-order valence-electron chi connectivity index (χ2n) is 4.53. The van der Waals surface area contributed by atoms with Crippen molar-refractivity contribution in [3.05, 3.63) is 29.3 Å². The van der Waals surface area contributed by atoms with Crippen molar-refractivity contribution in [3.8, 4) is 0 Å². The third kappa shape index (κ3) is 2.00. The molecular weight excluding hydrogens is 226 g/mol. The quantitative estimate of drug-likeness (QED) is 0.853. The molecule has 1 aliphatic carbocycles. The summed E-state index contributed by atoms with van der Waals surface area (Å²) < 4.78 is 0. The van der Waals surface area contributed by atoms with E-state index in [0.29, 0.717) is 23.8 Å². The van der Waals surface area contributed by atoms with Gasteiger partial charge in [-0.2, -0.15) is 0 Å². The summed E-state index contributed by atoms with van der Waals surface area (Å²) in [5.41, 5.74) is 0.0199. The van der Waals surface area contributed by atoms with Gasteiger partial charge in [-0.15, -0.1) is 0 Å². The molecule has 2 N–H and O–H groups in total. The number of anilines is 1. The van der Waals surface area contributed by atoms with Gasteiger partial charge >= 0.3 is 5.97 Å². The Balaban J connectivity index is 2.13. The van der Waals surface area contributed by atoms with Crippen LogP contribution < -0.4 is 5.32 Å². The van der Waals surface area contributed by atoms with E-state index in [1.807, 2.05) is 0 Å². The van der Waals surface area contributed by atoms with Crippen LogP contribution >= 0.6 is 11.6 Å². The Morgan fingerprint density at radius 2 is 2.00 bits per heavy atom. The van der Waals surface area contributed by atoms with Gasteiger partial charge in [0.2, 0.25) is 0 Å². The Morgan fingerprint density at radius 1 is 1.44 bits per heavy atom. The first-order valence-electron chi connectivity index (χ1n) is 5.29. The Bertz CT molecular complexity index is 396. The number of aliphatic carboxylic acids is 1. The lowest BCUT2D eigenvalue weighted by molar-refractivity contribution is -0.147. The summed E-state index contributed by atoms with van der Waals surface area (Å²) in [5.74, 6) is -0.309. The fourth-order valence-electron chi connectivity index (χ4n) is 2.27. The number of nitrogens with one attached hydrogen (secondary N) is 1. The minimum atomic E-state index is -0.784. The van der Waals surface area contributed by atoms with Crippen LogP contribution in [0.25, 0.3) is 0 Å². The highest BCUT2D eigenvalue weighted by Gasteiger charge is 2.48. The Labute approximate surface area is 99.4 Å². The van der Waals surface area contributed by atoms with Gasteiger partial charge in [-0.25, -0.2) is 4.79 Å². The minimum Gasteiger partial charge on any atom is -0.480 e. The molecule has 1 aromatic carbocycles. The molecule has 1 aliphatic rings. The average molecular weight is 240 g/mol. The maximum atomic E-state index is 11.2. The number of carboxylic acid groups (broad SMARTS) is 1. The summed E-state index contributed by atoms with van der Waals surface area (Å²) >= 11 is 5.77. The van der Waals surface area contributed by atoms with Crippen molar-refractivity contribution in [2.24, 2.45) is 5.92 Å². The summed E-state index contributed by atoms with van der Waals surface area (Å²) in [4.78, 5) is 11.2. The molecule has 1 aromatic rings. The zero-order valence-electron chi connectivity index (χ0n) is 9.03. The summed E-state index contributed by atoms with van der Waals surface area (Å²) in [5, 5.41) is 13.0. The van der Waals surface area contributed by atoms with Gasteiger partial charge in [0.05, 0.1) is 0 Å². The lowest BCUT2D eigenvalue weighted by atomic mass is 9.69. The van der Waals surface area contributed by atoms with Gasteiger partial charge in [0.25, 0.3) is 0 Å². The Morgan fingerprint density at radius 3 is 2.44 bits per heavy atom. The van der Waals surface area contributed by atoms with Crippen molar-refractivity contribution in [2.45, 2.75) is 25.3 Å². The SMILES string of the molecule is CC1CC(Nc2ccc(Cl)cc2)(C(=O)O)C1. The number of benzene rings is 1. The predicted octanol–water partition coefficient (Wildman–Crippen LogP) is 3.01. The first-order valence-corrected chi connectivity index (χ1v) is 5.67. The molecule has 0 saturated heterocycles. The van der Waals surface area contributed by atoms with Gasteiger partial charge in [0.1, 0.15) is 5.54 Å². The maximum absolute atomic E-state index is 11.2. The summed E-state index contributed by atoms with van der Waals surface area (Å²) in [6, 6.07) is 7.11. The van der Waals surface area contributed by atoms with Crippen LogP contribution in [0.1, 0.15) is 19.8 Å². The highest BCUT2D eigenvalue weighted by atomic mass is 35.5. The molecule has 1 fully saturated rings. The fraction of sp³-hybridized carbons (Fsp3) is 0.417. The van der Waals surface area contributed by atoms with E-state index in [0.717, 1.165) is 5.69 Å². The first kappa shape index (κ1) is 11.3. The number of rotatable bonds is 3. The van der Waals surface area contributed by atoms with Crippen LogP contribution in [0.15, 0.2) is 24.3 Å². The summed E-state index contributed by atoms with van der Waals surface area (Å²) in [7, 11) is 0. The molecule has 86 valence electrons. The molecule has 0 radical (unpaired) electrons. The van der Waals surface area contributed by atoms with Crippen molar-refractivity contribution < 1.29 is 9.90 Å². The van der Waals surface area contributed by atoms with E-state index in [1.165, 1.54) is 0 Å². The molecule has 2 rings (SSSR count). The predicted molar refractivity (Wildman–Crippen MR) is 63.8 cm³/mol. The molecular formula is C12H14ClNO2. The van der Waals surface area contributed by atoms with Crippen LogP contribution in [-0.2, 0) is 4.79 Å². The molecule has 0 aliphatic heterocycles. The number of hydrogen-bond acceptors (Lipinski definition) is 2. The van der Waals surface area contributed by atoms with E-state index in [9.17, 15) is 9.90 Å². The minimum absolute atomic E-state index is 0.468. The van der Waals surface area contributed by atoms with Gasteiger partial charge in [-0.1, -0.05) is 18.5 Å². The van der Waals surface area contributed by atoms with Gasteiger partial charge in [0.15, 0.2) is 0 Å². The molecule has 0 aromatic heterocycles. The van der Waals surface area contributed by atoms with Gasteiger partial charge < -0.3 is 10.4 Å². The lowest BCUT2D eigenvalue weighted by Crippen LogP contribution is -2.55. The largest absolute Gasteiger partial charge is 0.480 e. The molecule has 0 bridgehead atoms. The molecule has 4 heteroatoms. The fourth-order valence-corrected chi connectivity index (χ4v) is 2.40. The van der Waals surface area contributed by atoms with E-state index < -0.39 is 11.5 Å². The number of hydrogen-bond donors (Lipinski definition) is 2. The van der Waals surface area contributed by atoms with E-state index in [4.69, 9.17) is 11.6 Å². The third-order valence-electron chi connectivity index (χ3n) is 3.03. The van der Waals surface area contributed by atoms with Crippen LogP contribution in [0.4, 0.5) is 5.69 Å². The second kappa shape index (κ2) is 3.98. The van der Waals surface area contributed by atoms with Crippen LogP contribution in [0.3, 0.4) is 0 Å². The zero-order valence-corrected chi connectivity index (χ0v) is 9.79. The number of carbonyl (C=O) groups is 1. The molecule has 1 saturated carbocycles. The van der Waals surface area contributed by atoms with Crippen LogP contribution in [0, 0.1) is 5.92 Å². The monoisotopic (exact) mass is 239 g/mol.